The van der Waals surface area contributed by atoms with E-state index in [9.17, 15) is 22.0 Å². The molecule has 1 atom stereocenters. The summed E-state index contributed by atoms with van der Waals surface area (Å²) in [7, 11) is 2.70. The van der Waals surface area contributed by atoms with Gasteiger partial charge in [-0.2, -0.15) is 0 Å². The lowest BCUT2D eigenvalue weighted by Gasteiger charge is -2.40. The molecule has 2 aromatic rings. The number of carbonyl (C=O) groups is 1. The molecule has 1 amide bonds. The molecule has 0 spiro atoms. The third kappa shape index (κ3) is 5.29. The second kappa shape index (κ2) is 8.36. The Bertz CT molecular complexity index is 1240. The van der Waals surface area contributed by atoms with Crippen molar-refractivity contribution in [3.8, 4) is 5.75 Å². The summed E-state index contributed by atoms with van der Waals surface area (Å²) in [5.41, 5.74) is -1.94. The van der Waals surface area contributed by atoms with E-state index in [1.54, 1.807) is 23.5 Å². The van der Waals surface area contributed by atoms with Crippen molar-refractivity contribution in [2.45, 2.75) is 17.8 Å². The molecule has 1 aliphatic rings. The third-order valence-electron chi connectivity index (χ3n) is 4.87. The van der Waals surface area contributed by atoms with Crippen molar-refractivity contribution in [1.82, 2.24) is 14.6 Å². The topological polar surface area (TPSA) is 124 Å². The third-order valence-corrected chi connectivity index (χ3v) is 6.83. The molecule has 0 aliphatic carbocycles. The van der Waals surface area contributed by atoms with Crippen LogP contribution in [0.1, 0.15) is 23.0 Å². The molecule has 0 bridgehead atoms. The average molecular weight is 475 g/mol. The first-order chi connectivity index (χ1) is 15.1. The average Bonchev–Trinajstić information content (AvgIpc) is 2.66. The molecule has 33 heavy (non-hydrogen) atoms. The molecule has 0 radical (unpaired) electrons. The Kier molecular flexibility index (Phi) is 6.22. The fourth-order valence-electron chi connectivity index (χ4n) is 3.33. The van der Waals surface area contributed by atoms with Gasteiger partial charge in [0.1, 0.15) is 35.1 Å². The predicted molar refractivity (Wildman–Crippen MR) is 127 cm³/mol. The predicted octanol–water partition coefficient (Wildman–Crippen LogP) is -1.48. The van der Waals surface area contributed by atoms with Gasteiger partial charge in [-0.1, -0.05) is 0 Å². The van der Waals surface area contributed by atoms with Crippen molar-refractivity contribution in [2.24, 2.45) is 0 Å². The van der Waals surface area contributed by atoms with Gasteiger partial charge in [0.2, 0.25) is 16.0 Å². The molecule has 1 aromatic carbocycles. The maximum Gasteiger partial charge on any atom is 0.277 e. The molecule has 172 valence electrons. The lowest BCUT2D eigenvalue weighted by molar-refractivity contribution is 0.101. The number of pyridine rings is 1. The minimum atomic E-state index is -3.86. The molecule has 0 saturated carbocycles. The van der Waals surface area contributed by atoms with Crippen molar-refractivity contribution < 1.29 is 26.7 Å². The van der Waals surface area contributed by atoms with E-state index >= 15 is 0 Å². The summed E-state index contributed by atoms with van der Waals surface area (Å²) in [6.45, 7) is 1.44. The summed E-state index contributed by atoms with van der Waals surface area (Å²) in [4.78, 5) is 16.4. The van der Waals surface area contributed by atoms with Gasteiger partial charge in [0.15, 0.2) is 11.5 Å². The first kappa shape index (κ1) is 24.6. The second-order valence-corrected chi connectivity index (χ2v) is 10.9. The number of rotatable bonds is 5. The molecule has 9 nitrogen and oxygen atoms in total. The molecule has 1 fully saturated rings. The van der Waals surface area contributed by atoms with Crippen LogP contribution in [0.5, 0.6) is 5.75 Å². The molecule has 2 heterocycles. The minimum Gasteiger partial charge on any atom is -0.512 e. The number of halogens is 2. The van der Waals surface area contributed by atoms with Crippen LogP contribution in [0.2, 0.25) is 0 Å². The standard InChI is InChI=1S/C18H22B3F2N5O4S/c1-17(8-33(30,31)28(2)16(24)27-17)11-5-9(3-4-12(11)22)26-15(29)14-13(23)6-10(7-25-14)32-18(19,20)21/h3-7H,8,19-21H2,1-2H3,(H2,24,27)(H,26,29)/t17-/m0/s1. The first-order valence-electron chi connectivity index (χ1n) is 9.91. The number of benzene rings is 1. The van der Waals surface area contributed by atoms with Gasteiger partial charge in [0.05, 0.1) is 17.5 Å². The van der Waals surface area contributed by atoms with Crippen LogP contribution in [0.15, 0.2) is 30.5 Å². The Morgan fingerprint density at radius 2 is 1.97 bits per heavy atom. The number of amides is 1. The smallest absolute Gasteiger partial charge is 0.277 e. The lowest BCUT2D eigenvalue weighted by atomic mass is 9.52. The van der Waals surface area contributed by atoms with Crippen LogP contribution >= 0.6 is 0 Å². The van der Waals surface area contributed by atoms with Gasteiger partial charge in [-0.15, -0.1) is 0 Å². The maximum absolute atomic E-state index is 14.7. The number of carbonyl (C=O) groups excluding carboxylic acids is 1. The molecule has 1 saturated heterocycles. The van der Waals surface area contributed by atoms with Gasteiger partial charge in [-0.3, -0.25) is 10.2 Å². The van der Waals surface area contributed by atoms with E-state index < -0.39 is 55.8 Å². The zero-order chi connectivity index (χ0) is 24.8. The number of nitrogens with zero attached hydrogens (tertiary/aromatic N) is 2. The fourth-order valence-corrected chi connectivity index (χ4v) is 4.81. The molecular weight excluding hydrogens is 453 g/mol. The second-order valence-electron chi connectivity index (χ2n) is 8.89. The van der Waals surface area contributed by atoms with Gasteiger partial charge in [-0.05, 0) is 25.1 Å². The van der Waals surface area contributed by atoms with Gasteiger partial charge < -0.3 is 15.4 Å². The van der Waals surface area contributed by atoms with E-state index in [1.165, 1.54) is 32.3 Å². The van der Waals surface area contributed by atoms with Gasteiger partial charge in [-0.25, -0.2) is 26.5 Å². The van der Waals surface area contributed by atoms with Crippen LogP contribution in [0.3, 0.4) is 0 Å². The number of nitrogens with one attached hydrogen (secondary N) is 3. The zero-order valence-electron chi connectivity index (χ0n) is 18.8. The monoisotopic (exact) mass is 475 g/mol. The summed E-state index contributed by atoms with van der Waals surface area (Å²) < 4.78 is 60.2. The van der Waals surface area contributed by atoms with Crippen LogP contribution < -0.4 is 15.4 Å². The molecule has 0 unspecified atom stereocenters. The molecule has 15 heteroatoms. The Labute approximate surface area is 193 Å². The lowest BCUT2D eigenvalue weighted by Crippen LogP contribution is -2.61. The molecule has 3 rings (SSSR count). The summed E-state index contributed by atoms with van der Waals surface area (Å²) in [5.74, 6) is -3.29. The highest BCUT2D eigenvalue weighted by Crippen LogP contribution is 2.31. The maximum atomic E-state index is 14.7. The highest BCUT2D eigenvalue weighted by Gasteiger charge is 2.43. The quantitative estimate of drug-likeness (QED) is 0.454. The number of ether oxygens (including phenoxy) is 1. The van der Waals surface area contributed by atoms with Crippen LogP contribution in [0.25, 0.3) is 0 Å². The van der Waals surface area contributed by atoms with Crippen LogP contribution in [0, 0.1) is 17.0 Å². The van der Waals surface area contributed by atoms with Gasteiger partial charge in [0.25, 0.3) is 5.91 Å². The molecular formula is C18H22B3F2N5O4S. The van der Waals surface area contributed by atoms with Crippen molar-refractivity contribution in [3.05, 3.63) is 53.4 Å². The van der Waals surface area contributed by atoms with Crippen molar-refractivity contribution >= 4 is 51.1 Å². The Hall–Kier alpha value is -3.09. The Balaban J connectivity index is 1.87. The van der Waals surface area contributed by atoms with Crippen molar-refractivity contribution in [1.29, 1.82) is 5.41 Å². The van der Waals surface area contributed by atoms with Crippen molar-refractivity contribution in [3.63, 3.8) is 0 Å². The minimum absolute atomic E-state index is 0.0796. The van der Waals surface area contributed by atoms with Gasteiger partial charge in [0, 0.05) is 29.7 Å². The van der Waals surface area contributed by atoms with E-state index in [0.29, 0.717) is 0 Å². The van der Waals surface area contributed by atoms with Gasteiger partial charge >= 0.3 is 0 Å². The molecule has 1 aromatic heterocycles. The molecule has 1 aliphatic heterocycles. The molecule has 3 N–H and O–H groups in total. The SMILES string of the molecule is BC(B)(B)Oc1cnc(C(=O)Nc2ccc(F)c([C@]3(C)CS(=O)(=O)N(C)C(=N)N3)c2)c(F)c1. The summed E-state index contributed by atoms with van der Waals surface area (Å²) in [5, 5.41) is 12.4. The number of anilines is 1. The van der Waals surface area contributed by atoms with E-state index in [1.807, 2.05) is 0 Å². The van der Waals surface area contributed by atoms with E-state index in [0.717, 1.165) is 16.4 Å². The number of sulfonamides is 1. The van der Waals surface area contributed by atoms with E-state index in [2.05, 4.69) is 15.6 Å². The number of guanidine groups is 1. The Morgan fingerprint density at radius 1 is 1.30 bits per heavy atom. The van der Waals surface area contributed by atoms with E-state index in [4.69, 9.17) is 10.1 Å². The van der Waals surface area contributed by atoms with Crippen molar-refractivity contribution in [2.75, 3.05) is 18.1 Å². The first-order valence-corrected chi connectivity index (χ1v) is 11.5. The summed E-state index contributed by atoms with van der Waals surface area (Å²) >= 11 is 0. The largest absolute Gasteiger partial charge is 0.512 e. The zero-order valence-corrected chi connectivity index (χ0v) is 19.6. The number of hydrogen-bond acceptors (Lipinski definition) is 6. The summed E-state index contributed by atoms with van der Waals surface area (Å²) in [6, 6.07) is 4.59. The summed E-state index contributed by atoms with van der Waals surface area (Å²) in [6.07, 6.45) is 1.22. The van der Waals surface area contributed by atoms with Crippen LogP contribution in [-0.2, 0) is 15.6 Å². The van der Waals surface area contributed by atoms with Crippen LogP contribution in [-0.4, -0.2) is 71.2 Å². The number of hydrogen-bond donors (Lipinski definition) is 3. The fraction of sp³-hybridized carbons (Fsp3) is 0.278. The Morgan fingerprint density at radius 3 is 2.55 bits per heavy atom. The highest BCUT2D eigenvalue weighted by molar-refractivity contribution is 7.89. The van der Waals surface area contributed by atoms with E-state index in [-0.39, 0.29) is 17.0 Å². The normalized spacial score (nSPS) is 20.1. The highest BCUT2D eigenvalue weighted by atomic mass is 32.2. The number of aromatic nitrogens is 1. The van der Waals surface area contributed by atoms with Crippen LogP contribution in [0.4, 0.5) is 14.5 Å².